The number of fused-ring (bicyclic) bond motifs is 5. The third kappa shape index (κ3) is 4.30. The number of anilines is 1. The van der Waals surface area contributed by atoms with Crippen LogP contribution in [0.3, 0.4) is 0 Å². The van der Waals surface area contributed by atoms with Gasteiger partial charge in [-0.15, -0.1) is 0 Å². The molecule has 0 saturated heterocycles. The molecule has 0 aromatic carbocycles. The van der Waals surface area contributed by atoms with Crippen molar-refractivity contribution in [3.8, 4) is 0 Å². The highest BCUT2D eigenvalue weighted by molar-refractivity contribution is 7.16. The number of alkyl halides is 3. The predicted molar refractivity (Wildman–Crippen MR) is 98.1 cm³/mol. The Morgan fingerprint density at radius 1 is 1.31 bits per heavy atom. The monoisotopic (exact) mass is 386 g/mol. The van der Waals surface area contributed by atoms with E-state index in [1.165, 1.54) is 12.6 Å². The lowest BCUT2D eigenvalue weighted by Crippen LogP contribution is -2.48. The fourth-order valence-electron chi connectivity index (χ4n) is 4.36. The number of amides is 1. The van der Waals surface area contributed by atoms with Crippen LogP contribution < -0.4 is 4.90 Å². The van der Waals surface area contributed by atoms with E-state index in [1.807, 2.05) is 13.0 Å². The van der Waals surface area contributed by atoms with Gasteiger partial charge in [-0.25, -0.2) is 4.98 Å². The van der Waals surface area contributed by atoms with E-state index in [1.54, 1.807) is 6.08 Å². The van der Waals surface area contributed by atoms with Crippen molar-refractivity contribution in [3.63, 3.8) is 0 Å². The van der Waals surface area contributed by atoms with E-state index >= 15 is 0 Å². The Morgan fingerprint density at radius 3 is 2.69 bits per heavy atom. The second-order valence-electron chi connectivity index (χ2n) is 7.62. The molecule has 7 heteroatoms. The molecule has 3 aliphatic carbocycles. The lowest BCUT2D eigenvalue weighted by atomic mass is 9.64. The molecule has 3 nitrogen and oxygen atoms in total. The Balaban J connectivity index is 1.88. The van der Waals surface area contributed by atoms with Gasteiger partial charge in [0.1, 0.15) is 0 Å². The fraction of sp³-hybridized carbons (Fsp3) is 0.684. The van der Waals surface area contributed by atoms with Crippen molar-refractivity contribution in [3.05, 3.63) is 17.2 Å². The van der Waals surface area contributed by atoms with Gasteiger partial charge in [-0.3, -0.25) is 9.69 Å². The minimum Gasteiger partial charge on any atom is -0.280 e. The maximum absolute atomic E-state index is 13.2. The molecule has 144 valence electrons. The fourth-order valence-corrected chi connectivity index (χ4v) is 5.24. The molecule has 1 heterocycles. The summed E-state index contributed by atoms with van der Waals surface area (Å²) in [6.45, 7) is 1.96. The smallest absolute Gasteiger partial charge is 0.280 e. The van der Waals surface area contributed by atoms with Crippen LogP contribution in [0.1, 0.15) is 63.2 Å². The third-order valence-corrected chi connectivity index (χ3v) is 6.78. The van der Waals surface area contributed by atoms with Gasteiger partial charge < -0.3 is 0 Å². The van der Waals surface area contributed by atoms with Crippen molar-refractivity contribution in [2.24, 2.45) is 11.3 Å². The molecule has 2 bridgehead atoms. The molecule has 3 fully saturated rings. The van der Waals surface area contributed by atoms with Gasteiger partial charge in [0.25, 0.3) is 0 Å². The van der Waals surface area contributed by atoms with Crippen LogP contribution in [0, 0.1) is 11.3 Å². The van der Waals surface area contributed by atoms with Crippen molar-refractivity contribution >= 4 is 28.5 Å². The summed E-state index contributed by atoms with van der Waals surface area (Å²) in [5, 5.41) is 0.152. The minimum atomic E-state index is -4.89. The van der Waals surface area contributed by atoms with Gasteiger partial charge >= 0.3 is 12.1 Å². The molecular weight excluding hydrogens is 361 g/mol. The summed E-state index contributed by atoms with van der Waals surface area (Å²) in [7, 11) is 0. The van der Waals surface area contributed by atoms with Crippen LogP contribution in [-0.2, 0) is 4.79 Å². The zero-order chi connectivity index (χ0) is 18.8. The molecule has 3 aliphatic rings. The molecule has 0 N–H and O–H groups in total. The lowest BCUT2D eigenvalue weighted by molar-refractivity contribution is -0.171. The van der Waals surface area contributed by atoms with Crippen molar-refractivity contribution in [2.75, 3.05) is 11.4 Å². The second-order valence-corrected chi connectivity index (χ2v) is 8.66. The quantitative estimate of drug-likeness (QED) is 0.653. The van der Waals surface area contributed by atoms with E-state index in [2.05, 4.69) is 4.98 Å². The standard InChI is InChI=1S/C19H25F3N2OS/c1-2-5-15-12-23-17(26-15)24(16(25)19(20,21)22)13-18-9-4-3-6-14(7-10-18)8-11-18/h2,5,12,14H,3-4,6-11,13H2,1H3/b5-2+. The second kappa shape index (κ2) is 7.71. The molecule has 1 aromatic rings. The van der Waals surface area contributed by atoms with E-state index in [-0.39, 0.29) is 17.1 Å². The first-order chi connectivity index (χ1) is 12.3. The molecule has 0 spiro atoms. The van der Waals surface area contributed by atoms with Gasteiger partial charge in [0, 0.05) is 17.6 Å². The van der Waals surface area contributed by atoms with Crippen LogP contribution in [-0.4, -0.2) is 23.6 Å². The lowest BCUT2D eigenvalue weighted by Gasteiger charge is -2.44. The Labute approximate surface area is 156 Å². The summed E-state index contributed by atoms with van der Waals surface area (Å²) in [5.41, 5.74) is -0.204. The summed E-state index contributed by atoms with van der Waals surface area (Å²) in [6.07, 6.45) is 8.50. The topological polar surface area (TPSA) is 33.2 Å². The third-order valence-electron chi connectivity index (χ3n) is 5.79. The van der Waals surface area contributed by atoms with E-state index in [0.717, 1.165) is 66.1 Å². The first kappa shape index (κ1) is 19.4. The first-order valence-corrected chi connectivity index (χ1v) is 10.1. The number of rotatable bonds is 4. The number of carbonyl (C=O) groups excluding carboxylic acids is 1. The molecule has 0 atom stereocenters. The van der Waals surface area contributed by atoms with Crippen molar-refractivity contribution < 1.29 is 18.0 Å². The first-order valence-electron chi connectivity index (χ1n) is 9.30. The number of allylic oxidation sites excluding steroid dienone is 1. The van der Waals surface area contributed by atoms with Gasteiger partial charge in [-0.1, -0.05) is 36.7 Å². The zero-order valence-corrected chi connectivity index (χ0v) is 15.8. The van der Waals surface area contributed by atoms with Gasteiger partial charge in [-0.2, -0.15) is 13.2 Å². The zero-order valence-electron chi connectivity index (χ0n) is 15.0. The van der Waals surface area contributed by atoms with Crippen molar-refractivity contribution in [1.82, 2.24) is 4.98 Å². The number of thiazole rings is 1. The predicted octanol–water partition coefficient (Wildman–Crippen LogP) is 5.82. The number of hydrogen-bond donors (Lipinski definition) is 0. The summed E-state index contributed by atoms with van der Waals surface area (Å²) in [4.78, 5) is 18.0. The summed E-state index contributed by atoms with van der Waals surface area (Å²) < 4.78 is 39.7. The van der Waals surface area contributed by atoms with Crippen molar-refractivity contribution in [1.29, 1.82) is 0 Å². The summed E-state index contributed by atoms with van der Waals surface area (Å²) in [6, 6.07) is 0. The van der Waals surface area contributed by atoms with Crippen LogP contribution in [0.2, 0.25) is 0 Å². The van der Waals surface area contributed by atoms with E-state index in [9.17, 15) is 18.0 Å². The molecule has 1 aromatic heterocycles. The highest BCUT2D eigenvalue weighted by atomic mass is 32.1. The molecular formula is C19H25F3N2OS. The van der Waals surface area contributed by atoms with Gasteiger partial charge in [0.2, 0.25) is 0 Å². The van der Waals surface area contributed by atoms with Crippen LogP contribution >= 0.6 is 11.3 Å². The largest absolute Gasteiger partial charge is 0.471 e. The van der Waals surface area contributed by atoms with Crippen LogP contribution in [0.5, 0.6) is 0 Å². The Hall–Kier alpha value is -1.37. The Kier molecular flexibility index (Phi) is 5.75. The van der Waals surface area contributed by atoms with Gasteiger partial charge in [0.15, 0.2) is 5.13 Å². The number of hydrogen-bond acceptors (Lipinski definition) is 3. The average Bonchev–Trinajstić information content (AvgIpc) is 3.02. The maximum atomic E-state index is 13.2. The molecule has 4 rings (SSSR count). The number of nitrogens with zero attached hydrogens (tertiary/aromatic N) is 2. The van der Waals surface area contributed by atoms with E-state index in [0.29, 0.717) is 5.92 Å². The summed E-state index contributed by atoms with van der Waals surface area (Å²) in [5.74, 6) is -1.09. The molecule has 0 radical (unpaired) electrons. The highest BCUT2D eigenvalue weighted by Crippen LogP contribution is 2.48. The Bertz CT molecular complexity index is 654. The van der Waals surface area contributed by atoms with Crippen LogP contribution in [0.4, 0.5) is 18.3 Å². The SMILES string of the molecule is C/C=C/c1cnc(N(CC23CCCCC(CC2)CC3)C(=O)C(F)(F)F)s1. The highest BCUT2D eigenvalue weighted by Gasteiger charge is 2.47. The number of carbonyl (C=O) groups is 1. The Morgan fingerprint density at radius 2 is 2.04 bits per heavy atom. The van der Waals surface area contributed by atoms with Gasteiger partial charge in [0.05, 0.1) is 0 Å². The van der Waals surface area contributed by atoms with E-state index < -0.39 is 12.1 Å². The average molecular weight is 386 g/mol. The number of halogens is 3. The molecule has 26 heavy (non-hydrogen) atoms. The van der Waals surface area contributed by atoms with Crippen molar-refractivity contribution in [2.45, 2.75) is 64.5 Å². The molecule has 0 aliphatic heterocycles. The van der Waals surface area contributed by atoms with Gasteiger partial charge in [-0.05, 0) is 56.4 Å². The summed E-state index contributed by atoms with van der Waals surface area (Å²) >= 11 is 1.14. The van der Waals surface area contributed by atoms with Crippen LogP contribution in [0.25, 0.3) is 6.08 Å². The minimum absolute atomic E-state index is 0.126. The normalized spacial score (nSPS) is 26.7. The number of aromatic nitrogens is 1. The van der Waals surface area contributed by atoms with E-state index in [4.69, 9.17) is 0 Å². The molecule has 3 saturated carbocycles. The van der Waals surface area contributed by atoms with Crippen LogP contribution in [0.15, 0.2) is 12.3 Å². The maximum Gasteiger partial charge on any atom is 0.471 e. The molecule has 1 amide bonds. The molecule has 0 unspecified atom stereocenters.